The molecular weight excluding hydrogens is 500 g/mol. The number of hydrogen-bond acceptors (Lipinski definition) is 5. The zero-order valence-corrected chi connectivity index (χ0v) is 21.1. The number of nitrogens with zero attached hydrogens (tertiary/aromatic N) is 3. The minimum Gasteiger partial charge on any atom is -0.494 e. The van der Waals surface area contributed by atoms with Gasteiger partial charge in [-0.25, -0.2) is 9.24 Å². The predicted molar refractivity (Wildman–Crippen MR) is 134 cm³/mol. The minimum absolute atomic E-state index is 0.0821. The zero-order valence-electron chi connectivity index (χ0n) is 18.7. The Morgan fingerprint density at radius 2 is 1.74 bits per heavy atom. The number of anilines is 2. The third-order valence-corrected chi connectivity index (χ3v) is 7.94. The van der Waals surface area contributed by atoms with Gasteiger partial charge in [-0.2, -0.15) is 0 Å². The monoisotopic (exact) mass is 527 g/mol. The first-order chi connectivity index (χ1) is 16.2. The Balaban J connectivity index is 1.22. The first-order valence-electron chi connectivity index (χ1n) is 11.3. The van der Waals surface area contributed by atoms with E-state index in [4.69, 9.17) is 27.9 Å². The number of halogens is 2. The van der Waals surface area contributed by atoms with Crippen LogP contribution in [-0.2, 0) is 15.8 Å². The number of aryl methyl sites for hydroxylation is 1. The summed E-state index contributed by atoms with van der Waals surface area (Å²) in [5.74, 6) is -0.0744. The highest BCUT2D eigenvalue weighted by molar-refractivity contribution is 7.54. The van der Waals surface area contributed by atoms with Crippen LogP contribution in [0.15, 0.2) is 36.4 Å². The van der Waals surface area contributed by atoms with Crippen molar-refractivity contribution in [3.05, 3.63) is 52.0 Å². The molecule has 2 heterocycles. The molecule has 2 aromatic carbocycles. The number of rotatable bonds is 8. The Morgan fingerprint density at radius 1 is 0.971 bits per heavy atom. The van der Waals surface area contributed by atoms with E-state index < -0.39 is 13.7 Å². The minimum atomic E-state index is -4.73. The molecule has 2 aliphatic rings. The fourth-order valence-corrected chi connectivity index (χ4v) is 5.66. The fourth-order valence-electron chi connectivity index (χ4n) is 4.39. The number of benzene rings is 2. The maximum absolute atomic E-state index is 12.1. The molecule has 184 valence electrons. The summed E-state index contributed by atoms with van der Waals surface area (Å²) < 4.78 is 18.2. The van der Waals surface area contributed by atoms with E-state index in [1.165, 1.54) is 0 Å². The van der Waals surface area contributed by atoms with Gasteiger partial charge in [-0.3, -0.25) is 9.69 Å². The van der Waals surface area contributed by atoms with E-state index in [1.54, 1.807) is 24.3 Å². The van der Waals surface area contributed by atoms with Crippen molar-refractivity contribution in [1.82, 2.24) is 4.90 Å². The molecule has 0 saturated carbocycles. The summed E-state index contributed by atoms with van der Waals surface area (Å²) in [6, 6.07) is 10.8. The first-order valence-corrected chi connectivity index (χ1v) is 13.6. The number of carbonyl (C=O) groups excluding carboxylic acids is 1. The molecule has 2 N–H and O–H groups in total. The standard InChI is InChI=1S/C23H28Cl2N3O5P/c24-19-4-3-5-20(23(19)25)27-13-11-26(12-14-27)10-1-2-15-33-18-8-6-17-7-9-22(29)28(21(17)16-18)34(30,31)32/h3-6,8,16H,1-2,7,9-15H2,(H2,30,31,32). The highest BCUT2D eigenvalue weighted by atomic mass is 35.5. The van der Waals surface area contributed by atoms with Crippen LogP contribution in [0.2, 0.25) is 10.0 Å². The van der Waals surface area contributed by atoms with Crippen molar-refractivity contribution in [2.45, 2.75) is 25.7 Å². The van der Waals surface area contributed by atoms with Crippen LogP contribution in [0.1, 0.15) is 24.8 Å². The van der Waals surface area contributed by atoms with Crippen molar-refractivity contribution >= 4 is 48.2 Å². The second-order valence-corrected chi connectivity index (χ2v) is 10.7. The van der Waals surface area contributed by atoms with E-state index in [-0.39, 0.29) is 12.1 Å². The van der Waals surface area contributed by atoms with Gasteiger partial charge in [0.25, 0.3) is 0 Å². The Kier molecular flexibility index (Phi) is 8.08. The summed E-state index contributed by atoms with van der Waals surface area (Å²) in [6.07, 6.45) is 2.36. The third kappa shape index (κ3) is 5.88. The molecule has 8 nitrogen and oxygen atoms in total. The summed E-state index contributed by atoms with van der Waals surface area (Å²) in [6.45, 7) is 5.12. The molecule has 0 spiro atoms. The van der Waals surface area contributed by atoms with Crippen LogP contribution in [0, 0.1) is 0 Å². The van der Waals surface area contributed by atoms with Crippen molar-refractivity contribution < 1.29 is 23.9 Å². The molecule has 1 amide bonds. The van der Waals surface area contributed by atoms with Gasteiger partial charge >= 0.3 is 7.75 Å². The SMILES string of the molecule is O=C1CCc2ccc(OCCCCN3CCN(c4cccc(Cl)c4Cl)CC3)cc2N1P(=O)(O)O. The van der Waals surface area contributed by atoms with Gasteiger partial charge in [0.1, 0.15) is 5.75 Å². The molecule has 1 fully saturated rings. The van der Waals surface area contributed by atoms with Gasteiger partial charge in [0.2, 0.25) is 5.91 Å². The Bertz CT molecular complexity index is 1090. The lowest BCUT2D eigenvalue weighted by atomic mass is 10.0. The average molecular weight is 528 g/mol. The summed E-state index contributed by atoms with van der Waals surface area (Å²) in [5, 5.41) is 1.17. The van der Waals surface area contributed by atoms with Crippen molar-refractivity contribution in [2.24, 2.45) is 0 Å². The summed E-state index contributed by atoms with van der Waals surface area (Å²) in [5.41, 5.74) is 1.94. The maximum atomic E-state index is 12.1. The van der Waals surface area contributed by atoms with E-state index >= 15 is 0 Å². The van der Waals surface area contributed by atoms with E-state index in [0.29, 0.717) is 33.5 Å². The van der Waals surface area contributed by atoms with Gasteiger partial charge in [0, 0.05) is 38.7 Å². The van der Waals surface area contributed by atoms with E-state index in [2.05, 4.69) is 9.80 Å². The molecule has 4 rings (SSSR count). The lowest BCUT2D eigenvalue weighted by molar-refractivity contribution is -0.117. The quantitative estimate of drug-likeness (QED) is 0.389. The van der Waals surface area contributed by atoms with Crippen LogP contribution in [0.25, 0.3) is 0 Å². The molecule has 0 unspecified atom stereocenters. The summed E-state index contributed by atoms with van der Waals surface area (Å²) in [4.78, 5) is 35.9. The average Bonchev–Trinajstić information content (AvgIpc) is 2.80. The van der Waals surface area contributed by atoms with Crippen molar-refractivity contribution in [2.75, 3.05) is 48.9 Å². The van der Waals surface area contributed by atoms with Crippen LogP contribution < -0.4 is 14.3 Å². The number of hydrogen-bond donors (Lipinski definition) is 2. The van der Waals surface area contributed by atoms with Crippen molar-refractivity contribution in [3.63, 3.8) is 0 Å². The van der Waals surface area contributed by atoms with Crippen LogP contribution >= 0.6 is 30.9 Å². The molecule has 2 aliphatic heterocycles. The van der Waals surface area contributed by atoms with Crippen molar-refractivity contribution in [3.8, 4) is 5.75 Å². The predicted octanol–water partition coefficient (Wildman–Crippen LogP) is 4.35. The number of piperazine rings is 1. The third-order valence-electron chi connectivity index (χ3n) is 6.17. The Morgan fingerprint density at radius 3 is 2.47 bits per heavy atom. The number of fused-ring (bicyclic) bond motifs is 1. The van der Waals surface area contributed by atoms with Gasteiger partial charge in [0.15, 0.2) is 0 Å². The molecule has 34 heavy (non-hydrogen) atoms. The largest absolute Gasteiger partial charge is 0.494 e. The van der Waals surface area contributed by atoms with Crippen LogP contribution in [0.5, 0.6) is 5.75 Å². The normalized spacial score (nSPS) is 17.1. The second kappa shape index (κ2) is 10.9. The van der Waals surface area contributed by atoms with Gasteiger partial charge in [-0.05, 0) is 49.6 Å². The number of unbranched alkanes of at least 4 members (excludes halogenated alkanes) is 1. The van der Waals surface area contributed by atoms with Gasteiger partial charge < -0.3 is 19.4 Å². The lowest BCUT2D eigenvalue weighted by Gasteiger charge is -2.36. The van der Waals surface area contributed by atoms with E-state index in [1.807, 2.05) is 12.1 Å². The van der Waals surface area contributed by atoms with Gasteiger partial charge in [0.05, 0.1) is 28.0 Å². The second-order valence-electron chi connectivity index (χ2n) is 8.47. The number of ether oxygens (including phenoxy) is 1. The maximum Gasteiger partial charge on any atom is 0.436 e. The zero-order chi connectivity index (χ0) is 24.3. The molecule has 0 aliphatic carbocycles. The van der Waals surface area contributed by atoms with E-state index in [0.717, 1.165) is 56.8 Å². The Hall–Kier alpha value is -1.80. The number of amides is 1. The number of carbonyl (C=O) groups is 1. The van der Waals surface area contributed by atoms with E-state index in [9.17, 15) is 19.1 Å². The van der Waals surface area contributed by atoms with Gasteiger partial charge in [-0.15, -0.1) is 0 Å². The van der Waals surface area contributed by atoms with Gasteiger partial charge in [-0.1, -0.05) is 35.3 Å². The molecule has 11 heteroatoms. The molecular formula is C23H28Cl2N3O5P. The highest BCUT2D eigenvalue weighted by Gasteiger charge is 2.36. The highest BCUT2D eigenvalue weighted by Crippen LogP contribution is 2.48. The van der Waals surface area contributed by atoms with Crippen LogP contribution in [0.4, 0.5) is 11.4 Å². The fraction of sp³-hybridized carbons (Fsp3) is 0.435. The lowest BCUT2D eigenvalue weighted by Crippen LogP contribution is -2.46. The molecule has 0 aromatic heterocycles. The summed E-state index contributed by atoms with van der Waals surface area (Å²) in [7, 11) is -4.73. The van der Waals surface area contributed by atoms with Crippen LogP contribution in [-0.4, -0.2) is 59.9 Å². The topological polar surface area (TPSA) is 93.6 Å². The molecule has 1 saturated heterocycles. The molecule has 0 bridgehead atoms. The molecule has 0 radical (unpaired) electrons. The molecule has 2 aromatic rings. The van der Waals surface area contributed by atoms with Crippen molar-refractivity contribution in [1.29, 1.82) is 0 Å². The Labute approximate surface area is 209 Å². The smallest absolute Gasteiger partial charge is 0.436 e. The summed E-state index contributed by atoms with van der Waals surface area (Å²) >= 11 is 12.5. The van der Waals surface area contributed by atoms with Crippen LogP contribution in [0.3, 0.4) is 0 Å². The molecule has 0 atom stereocenters. The first kappa shape index (κ1) is 25.3.